The molecule has 0 aliphatic heterocycles. The van der Waals surface area contributed by atoms with E-state index in [9.17, 15) is 18.8 Å². The highest BCUT2D eigenvalue weighted by Crippen LogP contribution is 2.28. The molecule has 0 saturated heterocycles. The van der Waals surface area contributed by atoms with Crippen LogP contribution in [0, 0.1) is 5.82 Å². The van der Waals surface area contributed by atoms with Gasteiger partial charge in [0.05, 0.1) is 32.0 Å². The van der Waals surface area contributed by atoms with Gasteiger partial charge in [-0.15, -0.1) is 0 Å². The number of carbonyl (C=O) groups excluding carboxylic acids is 3. The molecular weight excluding hydrogens is 481 g/mol. The van der Waals surface area contributed by atoms with Gasteiger partial charge in [0.25, 0.3) is 11.8 Å². The van der Waals surface area contributed by atoms with E-state index in [1.807, 2.05) is 6.92 Å². The van der Waals surface area contributed by atoms with Crippen LogP contribution in [-0.4, -0.2) is 44.3 Å². The minimum atomic E-state index is -0.560. The topological polar surface area (TPSA) is 115 Å². The predicted molar refractivity (Wildman–Crippen MR) is 135 cm³/mol. The molecule has 0 unspecified atom stereocenters. The number of rotatable bonds is 11. The highest BCUT2D eigenvalue weighted by Gasteiger charge is 2.13. The van der Waals surface area contributed by atoms with Crippen LogP contribution < -0.4 is 25.0 Å². The Labute approximate surface area is 213 Å². The lowest BCUT2D eigenvalue weighted by Crippen LogP contribution is -2.34. The first-order valence-corrected chi connectivity index (χ1v) is 11.4. The second-order valence-corrected chi connectivity index (χ2v) is 7.66. The molecule has 37 heavy (non-hydrogen) atoms. The van der Waals surface area contributed by atoms with E-state index in [0.29, 0.717) is 23.5 Å². The molecule has 0 bridgehead atoms. The highest BCUT2D eigenvalue weighted by atomic mass is 19.1. The molecule has 0 radical (unpaired) electrons. The number of benzene rings is 3. The Balaban J connectivity index is 1.52. The monoisotopic (exact) mass is 507 g/mol. The number of hydrogen-bond donors (Lipinski definition) is 2. The van der Waals surface area contributed by atoms with Crippen molar-refractivity contribution in [3.63, 3.8) is 0 Å². The quantitative estimate of drug-likeness (QED) is 0.177. The third-order valence-electron chi connectivity index (χ3n) is 4.87. The highest BCUT2D eigenvalue weighted by molar-refractivity contribution is 5.96. The Morgan fingerprint density at radius 3 is 2.32 bits per heavy atom. The molecule has 3 aromatic carbocycles. The molecule has 0 aromatic heterocycles. The Morgan fingerprint density at radius 1 is 0.946 bits per heavy atom. The number of nitrogens with one attached hydrogen (secondary N) is 2. The van der Waals surface area contributed by atoms with Gasteiger partial charge in [-0.3, -0.25) is 9.59 Å². The van der Waals surface area contributed by atoms with E-state index >= 15 is 0 Å². The summed E-state index contributed by atoms with van der Waals surface area (Å²) < 4.78 is 29.2. The molecule has 0 fully saturated rings. The second-order valence-electron chi connectivity index (χ2n) is 7.66. The minimum absolute atomic E-state index is 0.212. The van der Waals surface area contributed by atoms with Crippen LogP contribution in [0.15, 0.2) is 71.8 Å². The SMILES string of the molecule is CCCOc1ccc(C(=O)Oc2ccc(/C=N\NC(=O)CNC(=O)c3ccc(F)cc3)cc2OC)cc1. The van der Waals surface area contributed by atoms with Gasteiger partial charge < -0.3 is 19.5 Å². The van der Waals surface area contributed by atoms with Gasteiger partial charge in [-0.05, 0) is 78.7 Å². The summed E-state index contributed by atoms with van der Waals surface area (Å²) in [5, 5.41) is 6.26. The Hall–Kier alpha value is -4.73. The lowest BCUT2D eigenvalue weighted by Gasteiger charge is -2.10. The molecular formula is C27H26FN3O6. The molecule has 0 aliphatic carbocycles. The molecule has 0 heterocycles. The van der Waals surface area contributed by atoms with Crippen LogP contribution in [0.4, 0.5) is 4.39 Å². The van der Waals surface area contributed by atoms with E-state index in [1.54, 1.807) is 42.5 Å². The molecule has 3 rings (SSSR count). The molecule has 3 aromatic rings. The van der Waals surface area contributed by atoms with E-state index in [4.69, 9.17) is 14.2 Å². The van der Waals surface area contributed by atoms with Gasteiger partial charge >= 0.3 is 5.97 Å². The van der Waals surface area contributed by atoms with Crippen LogP contribution in [0.5, 0.6) is 17.2 Å². The van der Waals surface area contributed by atoms with Crippen molar-refractivity contribution in [2.24, 2.45) is 5.10 Å². The van der Waals surface area contributed by atoms with Crippen LogP contribution in [-0.2, 0) is 4.79 Å². The van der Waals surface area contributed by atoms with Gasteiger partial charge in [0.2, 0.25) is 0 Å². The molecule has 2 amide bonds. The Bertz CT molecular complexity index is 1260. The Morgan fingerprint density at radius 2 is 1.65 bits per heavy atom. The third-order valence-corrected chi connectivity index (χ3v) is 4.87. The van der Waals surface area contributed by atoms with E-state index in [2.05, 4.69) is 15.8 Å². The fourth-order valence-electron chi connectivity index (χ4n) is 3.00. The summed E-state index contributed by atoms with van der Waals surface area (Å²) in [6.07, 6.45) is 2.25. The Kier molecular flexibility index (Phi) is 9.72. The number of esters is 1. The van der Waals surface area contributed by atoms with Crippen molar-refractivity contribution in [2.75, 3.05) is 20.3 Å². The standard InChI is InChI=1S/C27H26FN3O6/c1-3-14-36-22-11-7-20(8-12-22)27(34)37-23-13-4-18(15-24(23)35-2)16-30-31-25(32)17-29-26(33)19-5-9-21(28)10-6-19/h4-13,15-16H,3,14,17H2,1-2H3,(H,29,33)(H,31,32)/b30-16-. The summed E-state index contributed by atoms with van der Waals surface area (Å²) in [6.45, 7) is 2.28. The van der Waals surface area contributed by atoms with E-state index in [-0.39, 0.29) is 23.6 Å². The summed E-state index contributed by atoms with van der Waals surface area (Å²) >= 11 is 0. The van der Waals surface area contributed by atoms with Crippen molar-refractivity contribution >= 4 is 24.0 Å². The zero-order chi connectivity index (χ0) is 26.6. The summed E-state index contributed by atoms with van der Waals surface area (Å²) in [5.74, 6) is -0.931. The van der Waals surface area contributed by atoms with Crippen molar-refractivity contribution < 1.29 is 33.0 Å². The average molecular weight is 508 g/mol. The summed E-state index contributed by atoms with van der Waals surface area (Å²) in [5.41, 5.74) is 3.43. The maximum atomic E-state index is 12.9. The first-order chi connectivity index (χ1) is 17.9. The first kappa shape index (κ1) is 26.9. The maximum Gasteiger partial charge on any atom is 0.343 e. The van der Waals surface area contributed by atoms with Gasteiger partial charge in [0.15, 0.2) is 11.5 Å². The molecule has 192 valence electrons. The van der Waals surface area contributed by atoms with E-state index in [0.717, 1.165) is 18.6 Å². The number of carbonyl (C=O) groups is 3. The average Bonchev–Trinajstić information content (AvgIpc) is 2.91. The predicted octanol–water partition coefficient (Wildman–Crippen LogP) is 3.72. The summed E-state index contributed by atoms with van der Waals surface area (Å²) in [4.78, 5) is 36.4. The third kappa shape index (κ3) is 8.17. The van der Waals surface area contributed by atoms with Crippen LogP contribution >= 0.6 is 0 Å². The summed E-state index contributed by atoms with van der Waals surface area (Å²) in [6, 6.07) is 16.3. The van der Waals surface area contributed by atoms with Gasteiger partial charge in [0, 0.05) is 5.56 Å². The number of hydrazone groups is 1. The molecule has 10 heteroatoms. The van der Waals surface area contributed by atoms with Crippen LogP contribution in [0.2, 0.25) is 0 Å². The van der Waals surface area contributed by atoms with Crippen molar-refractivity contribution in [3.05, 3.63) is 89.2 Å². The largest absolute Gasteiger partial charge is 0.494 e. The molecule has 0 spiro atoms. The van der Waals surface area contributed by atoms with Crippen LogP contribution in [0.3, 0.4) is 0 Å². The molecule has 0 atom stereocenters. The number of ether oxygens (including phenoxy) is 3. The first-order valence-electron chi connectivity index (χ1n) is 11.4. The lowest BCUT2D eigenvalue weighted by molar-refractivity contribution is -0.120. The smallest absolute Gasteiger partial charge is 0.343 e. The number of amides is 2. The minimum Gasteiger partial charge on any atom is -0.494 e. The molecule has 9 nitrogen and oxygen atoms in total. The zero-order valence-corrected chi connectivity index (χ0v) is 20.3. The fraction of sp³-hybridized carbons (Fsp3) is 0.185. The zero-order valence-electron chi connectivity index (χ0n) is 20.3. The van der Waals surface area contributed by atoms with Crippen LogP contribution in [0.25, 0.3) is 0 Å². The van der Waals surface area contributed by atoms with Gasteiger partial charge in [-0.1, -0.05) is 6.92 Å². The maximum absolute atomic E-state index is 12.9. The number of halogens is 1. The van der Waals surface area contributed by atoms with Crippen molar-refractivity contribution in [3.8, 4) is 17.2 Å². The molecule has 2 N–H and O–H groups in total. The van der Waals surface area contributed by atoms with Crippen LogP contribution in [0.1, 0.15) is 39.6 Å². The van der Waals surface area contributed by atoms with Crippen molar-refractivity contribution in [1.82, 2.24) is 10.7 Å². The second kappa shape index (κ2) is 13.4. The number of methoxy groups -OCH3 is 1. The van der Waals surface area contributed by atoms with Crippen molar-refractivity contribution in [1.29, 1.82) is 0 Å². The van der Waals surface area contributed by atoms with Gasteiger partial charge in [0.1, 0.15) is 11.6 Å². The van der Waals surface area contributed by atoms with E-state index in [1.165, 1.54) is 25.5 Å². The van der Waals surface area contributed by atoms with Gasteiger partial charge in [-0.25, -0.2) is 14.6 Å². The van der Waals surface area contributed by atoms with E-state index < -0.39 is 23.6 Å². The number of nitrogens with zero attached hydrogens (tertiary/aromatic N) is 1. The summed E-state index contributed by atoms with van der Waals surface area (Å²) in [7, 11) is 1.43. The lowest BCUT2D eigenvalue weighted by atomic mass is 10.2. The van der Waals surface area contributed by atoms with Gasteiger partial charge in [-0.2, -0.15) is 5.10 Å². The fourth-order valence-corrected chi connectivity index (χ4v) is 3.00. The van der Waals surface area contributed by atoms with Crippen molar-refractivity contribution in [2.45, 2.75) is 13.3 Å². The number of hydrogen-bond acceptors (Lipinski definition) is 7. The molecule has 0 aliphatic rings. The normalized spacial score (nSPS) is 10.6. The molecule has 0 saturated carbocycles.